The third-order valence-electron chi connectivity index (χ3n) is 4.39. The van der Waals surface area contributed by atoms with Gasteiger partial charge in [0.25, 0.3) is 5.91 Å². The molecule has 0 aliphatic carbocycles. The van der Waals surface area contributed by atoms with E-state index in [-0.39, 0.29) is 11.7 Å². The number of rotatable bonds is 6. The molecule has 0 heterocycles. The van der Waals surface area contributed by atoms with E-state index in [1.165, 1.54) is 19.1 Å². The lowest BCUT2D eigenvalue weighted by atomic mass is 10.1. The Morgan fingerprint density at radius 3 is 2.23 bits per heavy atom. The lowest BCUT2D eigenvalue weighted by Crippen LogP contribution is -2.15. The smallest absolute Gasteiger partial charge is 0.308 e. The van der Waals surface area contributed by atoms with E-state index >= 15 is 0 Å². The fourth-order valence-corrected chi connectivity index (χ4v) is 2.88. The molecule has 3 rings (SSSR count). The van der Waals surface area contributed by atoms with Gasteiger partial charge >= 0.3 is 5.97 Å². The Hall–Kier alpha value is -4.19. The van der Waals surface area contributed by atoms with E-state index in [4.69, 9.17) is 4.74 Å². The third kappa shape index (κ3) is 6.14. The maximum Gasteiger partial charge on any atom is 0.308 e. The van der Waals surface area contributed by atoms with Crippen molar-refractivity contribution in [3.63, 3.8) is 0 Å². The summed E-state index contributed by atoms with van der Waals surface area (Å²) in [6, 6.07) is 20.9. The normalized spacial score (nSPS) is 10.5. The van der Waals surface area contributed by atoms with Crippen LogP contribution in [0.2, 0.25) is 0 Å². The zero-order valence-corrected chi connectivity index (χ0v) is 17.2. The molecule has 2 amide bonds. The molecule has 0 atom stereocenters. The number of ether oxygens (including phenoxy) is 1. The first-order chi connectivity index (χ1) is 14.9. The van der Waals surface area contributed by atoms with Gasteiger partial charge in [-0.25, -0.2) is 0 Å². The highest BCUT2D eigenvalue weighted by Crippen LogP contribution is 2.23. The number of hydrogen-bond donors (Lipinski definition) is 2. The highest BCUT2D eigenvalue weighted by Gasteiger charge is 2.11. The largest absolute Gasteiger partial charge is 0.427 e. The summed E-state index contributed by atoms with van der Waals surface area (Å²) in [6.07, 6.45) is 3.19. The molecule has 0 fully saturated rings. The van der Waals surface area contributed by atoms with Crippen LogP contribution in [0, 0.1) is 6.92 Å². The van der Waals surface area contributed by atoms with Crippen molar-refractivity contribution in [3.05, 3.63) is 95.6 Å². The maximum atomic E-state index is 12.7. The molecular formula is C25H22N2O4. The molecule has 6 heteroatoms. The van der Waals surface area contributed by atoms with Crippen LogP contribution in [0.25, 0.3) is 6.08 Å². The third-order valence-corrected chi connectivity index (χ3v) is 4.39. The second kappa shape index (κ2) is 10.0. The number of aryl methyl sites for hydroxylation is 1. The minimum Gasteiger partial charge on any atom is -0.427 e. The van der Waals surface area contributed by atoms with Gasteiger partial charge in [-0.05, 0) is 54.5 Å². The number of amides is 2. The Kier molecular flexibility index (Phi) is 6.96. The number of para-hydroxylation sites is 2. The number of esters is 1. The van der Waals surface area contributed by atoms with Gasteiger partial charge in [0.05, 0.1) is 11.4 Å². The lowest BCUT2D eigenvalue weighted by Gasteiger charge is -2.12. The fraction of sp³-hybridized carbons (Fsp3) is 0.0800. The fourth-order valence-electron chi connectivity index (χ4n) is 2.88. The van der Waals surface area contributed by atoms with Crippen molar-refractivity contribution in [1.82, 2.24) is 0 Å². The van der Waals surface area contributed by atoms with Crippen LogP contribution in [0.3, 0.4) is 0 Å². The Bertz CT molecular complexity index is 1150. The first-order valence-corrected chi connectivity index (χ1v) is 9.66. The SMILES string of the molecule is CC(=O)Oc1cccc(C(=O)Nc2ccccc2NC(=O)/C=C/c2ccccc2C)c1. The van der Waals surface area contributed by atoms with Gasteiger partial charge in [0.2, 0.25) is 5.91 Å². The van der Waals surface area contributed by atoms with Crippen LogP contribution in [0.15, 0.2) is 78.9 Å². The molecule has 0 aliphatic heterocycles. The Morgan fingerprint density at radius 2 is 1.52 bits per heavy atom. The van der Waals surface area contributed by atoms with Gasteiger partial charge in [0.1, 0.15) is 5.75 Å². The van der Waals surface area contributed by atoms with E-state index in [1.807, 2.05) is 31.2 Å². The van der Waals surface area contributed by atoms with E-state index < -0.39 is 11.9 Å². The van der Waals surface area contributed by atoms with E-state index in [0.29, 0.717) is 16.9 Å². The summed E-state index contributed by atoms with van der Waals surface area (Å²) in [5, 5.41) is 5.56. The molecule has 0 saturated carbocycles. The molecule has 0 aliphatic rings. The molecule has 31 heavy (non-hydrogen) atoms. The first kappa shape index (κ1) is 21.5. The molecule has 2 N–H and O–H groups in total. The molecule has 0 unspecified atom stereocenters. The Morgan fingerprint density at radius 1 is 0.839 bits per heavy atom. The summed E-state index contributed by atoms with van der Waals surface area (Å²) in [6.45, 7) is 3.26. The first-order valence-electron chi connectivity index (χ1n) is 9.66. The zero-order valence-electron chi connectivity index (χ0n) is 17.2. The average Bonchev–Trinajstić information content (AvgIpc) is 2.74. The van der Waals surface area contributed by atoms with Crippen LogP contribution in [-0.2, 0) is 9.59 Å². The van der Waals surface area contributed by atoms with Crippen LogP contribution in [0.5, 0.6) is 5.75 Å². The number of benzene rings is 3. The lowest BCUT2D eigenvalue weighted by molar-refractivity contribution is -0.131. The van der Waals surface area contributed by atoms with Gasteiger partial charge in [-0.3, -0.25) is 14.4 Å². The quantitative estimate of drug-likeness (QED) is 0.344. The zero-order chi connectivity index (χ0) is 22.2. The van der Waals surface area contributed by atoms with Crippen molar-refractivity contribution in [2.75, 3.05) is 10.6 Å². The molecule has 3 aromatic carbocycles. The van der Waals surface area contributed by atoms with Gasteiger partial charge in [-0.15, -0.1) is 0 Å². The molecule has 6 nitrogen and oxygen atoms in total. The summed E-state index contributed by atoms with van der Waals surface area (Å²) in [7, 11) is 0. The van der Waals surface area contributed by atoms with E-state index in [0.717, 1.165) is 11.1 Å². The van der Waals surface area contributed by atoms with Crippen molar-refractivity contribution in [3.8, 4) is 5.75 Å². The minimum absolute atomic E-state index is 0.281. The number of hydrogen-bond acceptors (Lipinski definition) is 4. The number of carbonyl (C=O) groups is 3. The van der Waals surface area contributed by atoms with Crippen molar-refractivity contribution in [2.45, 2.75) is 13.8 Å². The van der Waals surface area contributed by atoms with Gasteiger partial charge < -0.3 is 15.4 Å². The Labute approximate surface area is 180 Å². The van der Waals surface area contributed by atoms with Crippen LogP contribution in [0.4, 0.5) is 11.4 Å². The van der Waals surface area contributed by atoms with Crippen molar-refractivity contribution in [1.29, 1.82) is 0 Å². The minimum atomic E-state index is -0.468. The standard InChI is InChI=1S/C25H22N2O4/c1-17-8-3-4-9-19(17)14-15-24(29)26-22-12-5-6-13-23(22)27-25(30)20-10-7-11-21(16-20)31-18(2)28/h3-16H,1-2H3,(H,26,29)(H,27,30)/b15-14+. The van der Waals surface area contributed by atoms with Gasteiger partial charge in [0.15, 0.2) is 0 Å². The van der Waals surface area contributed by atoms with Gasteiger partial charge in [-0.1, -0.05) is 42.5 Å². The second-order valence-electron chi connectivity index (χ2n) is 6.80. The highest BCUT2D eigenvalue weighted by atomic mass is 16.5. The van der Waals surface area contributed by atoms with E-state index in [2.05, 4.69) is 10.6 Å². The molecule has 3 aromatic rings. The van der Waals surface area contributed by atoms with E-state index in [1.54, 1.807) is 48.5 Å². The van der Waals surface area contributed by atoms with Crippen molar-refractivity contribution < 1.29 is 19.1 Å². The van der Waals surface area contributed by atoms with Gasteiger partial charge in [0, 0.05) is 18.6 Å². The topological polar surface area (TPSA) is 84.5 Å². The highest BCUT2D eigenvalue weighted by molar-refractivity contribution is 6.09. The second-order valence-corrected chi connectivity index (χ2v) is 6.80. The van der Waals surface area contributed by atoms with Crippen LogP contribution >= 0.6 is 0 Å². The molecule has 0 radical (unpaired) electrons. The molecular weight excluding hydrogens is 392 g/mol. The van der Waals surface area contributed by atoms with Crippen LogP contribution in [-0.4, -0.2) is 17.8 Å². The summed E-state index contributed by atoms with van der Waals surface area (Å²) < 4.78 is 5.02. The number of carbonyl (C=O) groups excluding carboxylic acids is 3. The Balaban J connectivity index is 1.72. The van der Waals surface area contributed by atoms with Gasteiger partial charge in [-0.2, -0.15) is 0 Å². The molecule has 156 valence electrons. The molecule has 0 aromatic heterocycles. The summed E-state index contributed by atoms with van der Waals surface area (Å²) in [5.74, 6) is -0.902. The number of nitrogens with one attached hydrogen (secondary N) is 2. The van der Waals surface area contributed by atoms with Crippen molar-refractivity contribution in [2.24, 2.45) is 0 Å². The van der Waals surface area contributed by atoms with Crippen LogP contribution in [0.1, 0.15) is 28.4 Å². The van der Waals surface area contributed by atoms with Crippen LogP contribution < -0.4 is 15.4 Å². The molecule has 0 spiro atoms. The molecule has 0 bridgehead atoms. The molecule has 0 saturated heterocycles. The monoisotopic (exact) mass is 414 g/mol. The predicted molar refractivity (Wildman–Crippen MR) is 121 cm³/mol. The summed E-state index contributed by atoms with van der Waals surface area (Å²) in [4.78, 5) is 36.2. The predicted octanol–water partition coefficient (Wildman–Crippen LogP) is 4.82. The summed E-state index contributed by atoms with van der Waals surface area (Å²) in [5.41, 5.74) is 3.25. The number of anilines is 2. The van der Waals surface area contributed by atoms with Crippen molar-refractivity contribution >= 4 is 35.2 Å². The average molecular weight is 414 g/mol. The maximum absolute atomic E-state index is 12.7. The summed E-state index contributed by atoms with van der Waals surface area (Å²) >= 11 is 0. The van der Waals surface area contributed by atoms with E-state index in [9.17, 15) is 14.4 Å².